The van der Waals surface area contributed by atoms with E-state index in [1.165, 1.54) is 16.5 Å². The predicted octanol–water partition coefficient (Wildman–Crippen LogP) is 7.74. The molecular formula is C27H23F. The third kappa shape index (κ3) is 3.75. The monoisotopic (exact) mass is 366 g/mol. The van der Waals surface area contributed by atoms with Gasteiger partial charge in [0.15, 0.2) is 0 Å². The molecule has 0 unspecified atom stereocenters. The zero-order valence-electron chi connectivity index (χ0n) is 16.1. The molecule has 0 atom stereocenters. The molecule has 0 saturated heterocycles. The van der Waals surface area contributed by atoms with Crippen molar-refractivity contribution in [1.82, 2.24) is 0 Å². The van der Waals surface area contributed by atoms with Gasteiger partial charge in [-0.15, -0.1) is 6.58 Å². The van der Waals surface area contributed by atoms with E-state index in [4.69, 9.17) is 0 Å². The molecule has 0 N–H and O–H groups in total. The van der Waals surface area contributed by atoms with E-state index in [0.717, 1.165) is 34.9 Å². The SMILES string of the molecule is C=CCCc1ccc(-c2ccc(-c3ccc4cc(C)ccc4c3)c(F)c2)cc1. The van der Waals surface area contributed by atoms with Crippen molar-refractivity contribution in [3.63, 3.8) is 0 Å². The summed E-state index contributed by atoms with van der Waals surface area (Å²) in [4.78, 5) is 0. The third-order valence-corrected chi connectivity index (χ3v) is 5.20. The lowest BCUT2D eigenvalue weighted by Crippen LogP contribution is -1.88. The van der Waals surface area contributed by atoms with Crippen molar-refractivity contribution in [2.75, 3.05) is 0 Å². The Kier molecular flexibility index (Phi) is 5.08. The molecule has 0 spiro atoms. The van der Waals surface area contributed by atoms with Crippen LogP contribution < -0.4 is 0 Å². The van der Waals surface area contributed by atoms with Gasteiger partial charge in [-0.3, -0.25) is 0 Å². The van der Waals surface area contributed by atoms with E-state index in [9.17, 15) is 4.39 Å². The largest absolute Gasteiger partial charge is 0.206 e. The summed E-state index contributed by atoms with van der Waals surface area (Å²) in [5.41, 5.74) is 5.96. The molecule has 0 aliphatic rings. The van der Waals surface area contributed by atoms with Crippen LogP contribution in [0.1, 0.15) is 17.5 Å². The Hall–Kier alpha value is -3.19. The maximum absolute atomic E-state index is 14.9. The van der Waals surface area contributed by atoms with Crippen molar-refractivity contribution in [3.05, 3.63) is 108 Å². The average molecular weight is 366 g/mol. The lowest BCUT2D eigenvalue weighted by molar-refractivity contribution is 0.632. The van der Waals surface area contributed by atoms with Crippen molar-refractivity contribution in [2.24, 2.45) is 0 Å². The minimum Gasteiger partial charge on any atom is -0.206 e. The lowest BCUT2D eigenvalue weighted by atomic mass is 9.96. The number of hydrogen-bond donors (Lipinski definition) is 0. The van der Waals surface area contributed by atoms with Crippen LogP contribution in [0.5, 0.6) is 0 Å². The van der Waals surface area contributed by atoms with E-state index in [2.05, 4.69) is 68.1 Å². The molecule has 0 fully saturated rings. The van der Waals surface area contributed by atoms with E-state index in [0.29, 0.717) is 5.56 Å². The summed E-state index contributed by atoms with van der Waals surface area (Å²) in [6.07, 6.45) is 3.88. The summed E-state index contributed by atoms with van der Waals surface area (Å²) in [6, 6.07) is 26.3. The summed E-state index contributed by atoms with van der Waals surface area (Å²) in [6.45, 7) is 5.84. The fraction of sp³-hybridized carbons (Fsp3) is 0.111. The van der Waals surface area contributed by atoms with Crippen molar-refractivity contribution >= 4 is 10.8 Å². The van der Waals surface area contributed by atoms with Crippen LogP contribution in [0.2, 0.25) is 0 Å². The number of rotatable bonds is 5. The van der Waals surface area contributed by atoms with Gasteiger partial charge in [-0.2, -0.15) is 0 Å². The highest BCUT2D eigenvalue weighted by Crippen LogP contribution is 2.30. The van der Waals surface area contributed by atoms with Gasteiger partial charge in [0.1, 0.15) is 5.82 Å². The normalized spacial score (nSPS) is 10.9. The van der Waals surface area contributed by atoms with Crippen LogP contribution in [0.25, 0.3) is 33.0 Å². The predicted molar refractivity (Wildman–Crippen MR) is 118 cm³/mol. The Morgan fingerprint density at radius 1 is 0.750 bits per heavy atom. The van der Waals surface area contributed by atoms with E-state index in [1.54, 1.807) is 6.07 Å². The molecule has 0 aliphatic carbocycles. The number of hydrogen-bond acceptors (Lipinski definition) is 0. The fourth-order valence-electron chi connectivity index (χ4n) is 3.59. The molecule has 0 radical (unpaired) electrons. The number of halogens is 1. The molecule has 1 heteroatoms. The van der Waals surface area contributed by atoms with Crippen LogP contribution in [-0.4, -0.2) is 0 Å². The highest BCUT2D eigenvalue weighted by Gasteiger charge is 2.08. The number of fused-ring (bicyclic) bond motifs is 1. The van der Waals surface area contributed by atoms with Gasteiger partial charge in [-0.1, -0.05) is 78.4 Å². The van der Waals surface area contributed by atoms with Gasteiger partial charge in [0.25, 0.3) is 0 Å². The average Bonchev–Trinajstić information content (AvgIpc) is 2.72. The quantitative estimate of drug-likeness (QED) is 0.317. The minimum absolute atomic E-state index is 0.195. The van der Waals surface area contributed by atoms with Gasteiger partial charge in [-0.05, 0) is 64.9 Å². The van der Waals surface area contributed by atoms with Gasteiger partial charge in [0.2, 0.25) is 0 Å². The van der Waals surface area contributed by atoms with Crippen LogP contribution in [0.15, 0.2) is 91.5 Å². The first-order valence-electron chi connectivity index (χ1n) is 9.64. The summed E-state index contributed by atoms with van der Waals surface area (Å²) in [5.74, 6) is -0.195. The Labute approximate surface area is 166 Å². The standard InChI is InChI=1S/C27H23F/c1-3-4-5-20-7-10-21(11-8-20)24-14-15-26(27(28)18-24)25-13-12-22-16-19(2)6-9-23(22)17-25/h3,6-18H,1,4-5H2,2H3. The van der Waals surface area contributed by atoms with E-state index in [-0.39, 0.29) is 5.82 Å². The van der Waals surface area contributed by atoms with E-state index < -0.39 is 0 Å². The second-order valence-electron chi connectivity index (χ2n) is 7.28. The van der Waals surface area contributed by atoms with E-state index >= 15 is 0 Å². The molecule has 4 aromatic rings. The van der Waals surface area contributed by atoms with Crippen LogP contribution >= 0.6 is 0 Å². The Morgan fingerprint density at radius 2 is 1.43 bits per heavy atom. The molecule has 0 nitrogen and oxygen atoms in total. The summed E-state index contributed by atoms with van der Waals surface area (Å²) >= 11 is 0. The zero-order valence-corrected chi connectivity index (χ0v) is 16.1. The molecule has 0 saturated carbocycles. The topological polar surface area (TPSA) is 0 Å². The molecule has 0 amide bonds. The molecular weight excluding hydrogens is 343 g/mol. The minimum atomic E-state index is -0.195. The van der Waals surface area contributed by atoms with Crippen LogP contribution in [0.4, 0.5) is 4.39 Å². The first kappa shape index (κ1) is 18.2. The summed E-state index contributed by atoms with van der Waals surface area (Å²) in [5, 5.41) is 2.30. The third-order valence-electron chi connectivity index (χ3n) is 5.20. The van der Waals surface area contributed by atoms with Gasteiger partial charge in [0, 0.05) is 5.56 Å². The Morgan fingerprint density at radius 3 is 2.18 bits per heavy atom. The Bertz CT molecular complexity index is 1140. The van der Waals surface area contributed by atoms with Crippen molar-refractivity contribution in [1.29, 1.82) is 0 Å². The van der Waals surface area contributed by atoms with Crippen molar-refractivity contribution in [2.45, 2.75) is 19.8 Å². The summed E-state index contributed by atoms with van der Waals surface area (Å²) < 4.78 is 14.9. The maximum Gasteiger partial charge on any atom is 0.131 e. The molecule has 0 heterocycles. The van der Waals surface area contributed by atoms with Crippen LogP contribution in [-0.2, 0) is 6.42 Å². The highest BCUT2D eigenvalue weighted by atomic mass is 19.1. The number of benzene rings is 4. The van der Waals surface area contributed by atoms with E-state index in [1.807, 2.05) is 24.3 Å². The van der Waals surface area contributed by atoms with Gasteiger partial charge >= 0.3 is 0 Å². The molecule has 4 rings (SSSR count). The van der Waals surface area contributed by atoms with Gasteiger partial charge in [0.05, 0.1) is 0 Å². The molecule has 4 aromatic carbocycles. The first-order chi connectivity index (χ1) is 13.6. The lowest BCUT2D eigenvalue weighted by Gasteiger charge is -2.09. The second kappa shape index (κ2) is 7.82. The van der Waals surface area contributed by atoms with Crippen LogP contribution in [0.3, 0.4) is 0 Å². The second-order valence-corrected chi connectivity index (χ2v) is 7.28. The number of allylic oxidation sites excluding steroid dienone is 1. The first-order valence-corrected chi connectivity index (χ1v) is 9.64. The van der Waals surface area contributed by atoms with Gasteiger partial charge in [-0.25, -0.2) is 4.39 Å². The molecule has 0 bridgehead atoms. The van der Waals surface area contributed by atoms with Gasteiger partial charge < -0.3 is 0 Å². The smallest absolute Gasteiger partial charge is 0.131 e. The number of aryl methyl sites for hydroxylation is 2. The zero-order chi connectivity index (χ0) is 19.5. The molecule has 0 aliphatic heterocycles. The summed E-state index contributed by atoms with van der Waals surface area (Å²) in [7, 11) is 0. The molecule has 28 heavy (non-hydrogen) atoms. The highest BCUT2D eigenvalue weighted by molar-refractivity contribution is 5.88. The molecule has 0 aromatic heterocycles. The molecule has 138 valence electrons. The maximum atomic E-state index is 14.9. The Balaban J connectivity index is 1.64. The van der Waals surface area contributed by atoms with Crippen molar-refractivity contribution < 1.29 is 4.39 Å². The van der Waals surface area contributed by atoms with Crippen molar-refractivity contribution in [3.8, 4) is 22.3 Å². The van der Waals surface area contributed by atoms with Crippen LogP contribution in [0, 0.1) is 12.7 Å². The fourth-order valence-corrected chi connectivity index (χ4v) is 3.59.